The number of fused-ring (bicyclic) bond motifs is 1. The summed E-state index contributed by atoms with van der Waals surface area (Å²) in [6, 6.07) is 12.6. The van der Waals surface area contributed by atoms with Gasteiger partial charge in [0.25, 0.3) is 0 Å². The number of methoxy groups -OCH3 is 1. The maximum Gasteiger partial charge on any atom is 0.233 e. The van der Waals surface area contributed by atoms with Gasteiger partial charge in [0.1, 0.15) is 5.75 Å². The number of rotatable bonds is 13. The smallest absolute Gasteiger partial charge is 0.233 e. The first kappa shape index (κ1) is 25.8. The summed E-state index contributed by atoms with van der Waals surface area (Å²) in [5, 5.41) is 12.2. The molecular formula is C22H27N4O6S2-. The Kier molecular flexibility index (Phi) is 9.16. The van der Waals surface area contributed by atoms with Gasteiger partial charge in [-0.3, -0.25) is 8.93 Å². The highest BCUT2D eigenvalue weighted by Gasteiger charge is 2.18. The van der Waals surface area contributed by atoms with E-state index in [2.05, 4.69) is 20.0 Å². The SMILES string of the molecule is COc1cc(CCCO)ccc1Nc1nc2ccccc2nc1NS(=O)(=O)CCCCS(=O)[O-]. The van der Waals surface area contributed by atoms with Crippen LogP contribution in [0.2, 0.25) is 0 Å². The Morgan fingerprint density at radius 3 is 2.41 bits per heavy atom. The molecule has 1 unspecified atom stereocenters. The number of ether oxygens (including phenoxy) is 1. The van der Waals surface area contributed by atoms with Crippen molar-refractivity contribution in [2.24, 2.45) is 0 Å². The summed E-state index contributed by atoms with van der Waals surface area (Å²) in [7, 11) is -2.27. The minimum Gasteiger partial charge on any atom is -0.772 e. The van der Waals surface area contributed by atoms with Crippen molar-refractivity contribution in [2.45, 2.75) is 25.7 Å². The second kappa shape index (κ2) is 12.1. The summed E-state index contributed by atoms with van der Waals surface area (Å²) in [6.45, 7) is 0.0905. The molecule has 0 saturated heterocycles. The molecule has 12 heteroatoms. The van der Waals surface area contributed by atoms with E-state index in [1.165, 1.54) is 7.11 Å². The summed E-state index contributed by atoms with van der Waals surface area (Å²) in [6.07, 6.45) is 1.75. The summed E-state index contributed by atoms with van der Waals surface area (Å²) >= 11 is -2.20. The third kappa shape index (κ3) is 7.35. The molecule has 2 aromatic carbocycles. The van der Waals surface area contributed by atoms with Crippen LogP contribution >= 0.6 is 0 Å². The molecule has 1 atom stereocenters. The third-order valence-electron chi connectivity index (χ3n) is 4.94. The van der Waals surface area contributed by atoms with Crippen LogP contribution in [0, 0.1) is 0 Å². The lowest BCUT2D eigenvalue weighted by molar-refractivity contribution is 0.288. The molecule has 0 aliphatic carbocycles. The van der Waals surface area contributed by atoms with Crippen LogP contribution in [0.4, 0.5) is 17.3 Å². The molecule has 3 aromatic rings. The molecular weight excluding hydrogens is 480 g/mol. The van der Waals surface area contributed by atoms with E-state index in [4.69, 9.17) is 9.84 Å². The van der Waals surface area contributed by atoms with Crippen LogP contribution in [-0.2, 0) is 27.5 Å². The molecule has 0 aliphatic rings. The minimum atomic E-state index is -3.80. The monoisotopic (exact) mass is 507 g/mol. The first-order valence-corrected chi connectivity index (χ1v) is 13.6. The van der Waals surface area contributed by atoms with Gasteiger partial charge >= 0.3 is 0 Å². The number of sulfonamides is 1. The number of aliphatic hydroxyl groups excluding tert-OH is 1. The van der Waals surface area contributed by atoms with Crippen molar-refractivity contribution in [3.63, 3.8) is 0 Å². The lowest BCUT2D eigenvalue weighted by atomic mass is 10.1. The van der Waals surface area contributed by atoms with E-state index in [1.54, 1.807) is 30.3 Å². The first-order valence-electron chi connectivity index (χ1n) is 10.7. The number of hydrogen-bond acceptors (Lipinski definition) is 9. The number of nitrogens with one attached hydrogen (secondary N) is 2. The fraction of sp³-hybridized carbons (Fsp3) is 0.364. The molecule has 184 valence electrons. The number of para-hydroxylation sites is 2. The van der Waals surface area contributed by atoms with Crippen molar-refractivity contribution in [3.8, 4) is 5.75 Å². The van der Waals surface area contributed by atoms with E-state index in [-0.39, 0.29) is 42.6 Å². The van der Waals surface area contributed by atoms with Gasteiger partial charge in [-0.1, -0.05) is 29.3 Å². The molecule has 1 aromatic heterocycles. The Hall–Kier alpha value is -2.80. The number of anilines is 3. The largest absolute Gasteiger partial charge is 0.772 e. The highest BCUT2D eigenvalue weighted by Crippen LogP contribution is 2.32. The molecule has 0 radical (unpaired) electrons. The number of aromatic nitrogens is 2. The Balaban J connectivity index is 1.89. The zero-order valence-electron chi connectivity index (χ0n) is 18.7. The van der Waals surface area contributed by atoms with Crippen molar-refractivity contribution in [3.05, 3.63) is 48.0 Å². The lowest BCUT2D eigenvalue weighted by Crippen LogP contribution is -2.19. The number of nitrogens with zero attached hydrogens (tertiary/aromatic N) is 2. The molecule has 3 rings (SSSR count). The summed E-state index contributed by atoms with van der Waals surface area (Å²) in [4.78, 5) is 9.00. The summed E-state index contributed by atoms with van der Waals surface area (Å²) in [5.41, 5.74) is 2.64. The van der Waals surface area contributed by atoms with Crippen molar-refractivity contribution in [2.75, 3.05) is 35.3 Å². The van der Waals surface area contributed by atoms with Gasteiger partial charge in [0.05, 0.1) is 29.6 Å². The average Bonchev–Trinajstić information content (AvgIpc) is 2.81. The van der Waals surface area contributed by atoms with Gasteiger partial charge in [-0.2, -0.15) is 0 Å². The third-order valence-corrected chi connectivity index (χ3v) is 6.89. The zero-order valence-corrected chi connectivity index (χ0v) is 20.3. The van der Waals surface area contributed by atoms with E-state index >= 15 is 0 Å². The second-order valence-corrected chi connectivity index (χ2v) is 10.4. The van der Waals surface area contributed by atoms with Crippen molar-refractivity contribution in [1.82, 2.24) is 9.97 Å². The molecule has 0 fully saturated rings. The van der Waals surface area contributed by atoms with Gasteiger partial charge in [0.2, 0.25) is 10.0 Å². The Morgan fingerprint density at radius 2 is 1.76 bits per heavy atom. The number of unbranched alkanes of at least 4 members (excludes halogenated alkanes) is 1. The summed E-state index contributed by atoms with van der Waals surface area (Å²) < 4.78 is 54.6. The van der Waals surface area contributed by atoms with E-state index in [1.807, 2.05) is 12.1 Å². The van der Waals surface area contributed by atoms with Crippen LogP contribution in [0.25, 0.3) is 11.0 Å². The topological polar surface area (TPSA) is 154 Å². The maximum absolute atomic E-state index is 12.6. The standard InChI is InChI=1S/C22H28N4O6S2/c1-32-20-15-16(7-6-12-27)10-11-19(20)25-21-22(24-18-9-3-2-8-17(18)23-21)26-34(30,31)14-5-4-13-33(28)29/h2-3,8-11,15,27H,4-7,12-14H2,1H3,(H,23,25)(H,24,26)(H,28,29)/p-1. The molecule has 0 amide bonds. The van der Waals surface area contributed by atoms with E-state index in [9.17, 15) is 17.2 Å². The van der Waals surface area contributed by atoms with Crippen LogP contribution in [-0.4, -0.2) is 57.5 Å². The molecule has 34 heavy (non-hydrogen) atoms. The van der Waals surface area contributed by atoms with E-state index < -0.39 is 21.1 Å². The first-order chi connectivity index (χ1) is 16.3. The lowest BCUT2D eigenvalue weighted by Gasteiger charge is -2.16. The van der Waals surface area contributed by atoms with Crippen LogP contribution in [0.1, 0.15) is 24.8 Å². The van der Waals surface area contributed by atoms with Crippen LogP contribution in [0.15, 0.2) is 42.5 Å². The van der Waals surface area contributed by atoms with E-state index in [0.29, 0.717) is 35.3 Å². The molecule has 0 spiro atoms. The molecule has 0 bridgehead atoms. The quantitative estimate of drug-likeness (QED) is 0.234. The van der Waals surface area contributed by atoms with E-state index in [0.717, 1.165) is 5.56 Å². The minimum absolute atomic E-state index is 0.0255. The highest BCUT2D eigenvalue weighted by atomic mass is 32.2. The molecule has 0 saturated carbocycles. The zero-order chi connectivity index (χ0) is 24.6. The number of aliphatic hydroxyl groups is 1. The Labute approximate surface area is 201 Å². The fourth-order valence-electron chi connectivity index (χ4n) is 3.27. The fourth-order valence-corrected chi connectivity index (χ4v) is 4.84. The second-order valence-electron chi connectivity index (χ2n) is 7.53. The molecule has 3 N–H and O–H groups in total. The number of aryl methyl sites for hydroxylation is 1. The average molecular weight is 508 g/mol. The van der Waals surface area contributed by atoms with Gasteiger partial charge in [0.15, 0.2) is 11.6 Å². The van der Waals surface area contributed by atoms with Crippen LogP contribution < -0.4 is 14.8 Å². The molecule has 1 heterocycles. The maximum atomic E-state index is 12.6. The predicted octanol–water partition coefficient (Wildman–Crippen LogP) is 2.71. The van der Waals surface area contributed by atoms with Crippen LogP contribution in [0.3, 0.4) is 0 Å². The van der Waals surface area contributed by atoms with Gasteiger partial charge in [-0.05, 0) is 55.5 Å². The molecule has 0 aliphatic heterocycles. The number of hydrogen-bond donors (Lipinski definition) is 3. The number of benzene rings is 2. The normalized spacial score (nSPS) is 12.4. The van der Waals surface area contributed by atoms with Gasteiger partial charge < -0.3 is 19.7 Å². The van der Waals surface area contributed by atoms with Crippen molar-refractivity contribution in [1.29, 1.82) is 0 Å². The Morgan fingerprint density at radius 1 is 1.06 bits per heavy atom. The van der Waals surface area contributed by atoms with Gasteiger partial charge in [0, 0.05) is 12.4 Å². The van der Waals surface area contributed by atoms with Crippen molar-refractivity contribution >= 4 is 49.5 Å². The van der Waals surface area contributed by atoms with Gasteiger partial charge in [-0.25, -0.2) is 18.4 Å². The van der Waals surface area contributed by atoms with Gasteiger partial charge in [-0.15, -0.1) is 0 Å². The predicted molar refractivity (Wildman–Crippen MR) is 132 cm³/mol. The van der Waals surface area contributed by atoms with Crippen LogP contribution in [0.5, 0.6) is 5.75 Å². The van der Waals surface area contributed by atoms with Crippen molar-refractivity contribution < 1.29 is 27.0 Å². The summed E-state index contributed by atoms with van der Waals surface area (Å²) in [5.74, 6) is 0.416. The Bertz CT molecular complexity index is 1250. The highest BCUT2D eigenvalue weighted by molar-refractivity contribution is 7.92. The molecule has 10 nitrogen and oxygen atoms in total.